The van der Waals surface area contributed by atoms with Crippen molar-refractivity contribution < 1.29 is 9.90 Å². The molecule has 0 saturated heterocycles. The van der Waals surface area contributed by atoms with Gasteiger partial charge in [-0.1, -0.05) is 35.4 Å². The Labute approximate surface area is 142 Å². The first kappa shape index (κ1) is 15.7. The van der Waals surface area contributed by atoms with Crippen LogP contribution in [0.15, 0.2) is 53.9 Å². The van der Waals surface area contributed by atoms with Crippen LogP contribution in [0.25, 0.3) is 20.2 Å². The molecule has 0 saturated carbocycles. The second-order valence-electron chi connectivity index (χ2n) is 5.42. The number of carboxylic acids is 1. The minimum absolute atomic E-state index is 0.403. The zero-order valence-electron chi connectivity index (χ0n) is 12.9. The molecule has 2 aromatic heterocycles. The number of thiophene rings is 2. The second kappa shape index (κ2) is 6.52. The maximum Gasteiger partial charge on any atom is 0.345 e. The Balaban J connectivity index is 0.000000140. The highest BCUT2D eigenvalue weighted by molar-refractivity contribution is 7.20. The molecule has 0 aliphatic carbocycles. The van der Waals surface area contributed by atoms with Crippen LogP contribution >= 0.6 is 22.7 Å². The Hall–Kier alpha value is -2.17. The van der Waals surface area contributed by atoms with Crippen molar-refractivity contribution in [2.75, 3.05) is 0 Å². The van der Waals surface area contributed by atoms with Crippen molar-refractivity contribution in [3.8, 4) is 0 Å². The first-order valence-corrected chi connectivity index (χ1v) is 8.90. The van der Waals surface area contributed by atoms with Crippen LogP contribution in [-0.4, -0.2) is 11.1 Å². The second-order valence-corrected chi connectivity index (χ2v) is 7.45. The molecule has 0 aliphatic heterocycles. The third kappa shape index (κ3) is 3.60. The quantitative estimate of drug-likeness (QED) is 0.453. The minimum Gasteiger partial charge on any atom is -0.477 e. The number of aryl methyl sites for hydroxylation is 2. The Bertz CT molecular complexity index is 979. The van der Waals surface area contributed by atoms with Crippen LogP contribution in [0.4, 0.5) is 0 Å². The number of fused-ring (bicyclic) bond motifs is 2. The lowest BCUT2D eigenvalue weighted by atomic mass is 10.2. The monoisotopic (exact) mass is 340 g/mol. The molecule has 0 fully saturated rings. The number of rotatable bonds is 1. The molecular weight excluding hydrogens is 324 g/mol. The van der Waals surface area contributed by atoms with E-state index in [1.165, 1.54) is 27.0 Å². The summed E-state index contributed by atoms with van der Waals surface area (Å²) in [4.78, 5) is 11.1. The van der Waals surface area contributed by atoms with Crippen LogP contribution in [0.1, 0.15) is 20.8 Å². The van der Waals surface area contributed by atoms with Gasteiger partial charge in [-0.2, -0.15) is 0 Å². The number of carboxylic acid groups (broad SMARTS) is 1. The molecule has 0 aliphatic rings. The van der Waals surface area contributed by atoms with Gasteiger partial charge in [0.15, 0.2) is 0 Å². The van der Waals surface area contributed by atoms with E-state index in [2.05, 4.69) is 36.6 Å². The first-order chi connectivity index (χ1) is 11.0. The SMILES string of the molecule is Cc1ccc2sc(C(=O)O)cc2c1.Cc1ccc2sccc2c1. The van der Waals surface area contributed by atoms with Crippen molar-refractivity contribution in [3.63, 3.8) is 0 Å². The van der Waals surface area contributed by atoms with Gasteiger partial charge in [0.2, 0.25) is 0 Å². The molecule has 0 atom stereocenters. The van der Waals surface area contributed by atoms with Gasteiger partial charge < -0.3 is 5.11 Å². The number of aromatic carboxylic acids is 1. The van der Waals surface area contributed by atoms with E-state index in [0.29, 0.717) is 4.88 Å². The van der Waals surface area contributed by atoms with Crippen molar-refractivity contribution in [1.29, 1.82) is 0 Å². The summed E-state index contributed by atoms with van der Waals surface area (Å²) in [6.45, 7) is 4.12. The summed E-state index contributed by atoms with van der Waals surface area (Å²) in [7, 11) is 0. The van der Waals surface area contributed by atoms with Crippen molar-refractivity contribution >= 4 is 48.8 Å². The summed E-state index contributed by atoms with van der Waals surface area (Å²) in [6, 6.07) is 16.4. The number of benzene rings is 2. The molecule has 0 spiro atoms. The summed E-state index contributed by atoms with van der Waals surface area (Å²) >= 11 is 3.11. The van der Waals surface area contributed by atoms with Gasteiger partial charge in [-0.05, 0) is 54.3 Å². The molecule has 2 heterocycles. The van der Waals surface area contributed by atoms with Gasteiger partial charge in [0.05, 0.1) is 0 Å². The number of hydrogen-bond acceptors (Lipinski definition) is 3. The van der Waals surface area contributed by atoms with E-state index < -0.39 is 5.97 Å². The molecule has 116 valence electrons. The van der Waals surface area contributed by atoms with E-state index in [0.717, 1.165) is 15.6 Å². The van der Waals surface area contributed by atoms with Crippen LogP contribution in [0.2, 0.25) is 0 Å². The highest BCUT2D eigenvalue weighted by Crippen LogP contribution is 2.26. The third-order valence-corrected chi connectivity index (χ3v) is 5.49. The first-order valence-electron chi connectivity index (χ1n) is 7.20. The van der Waals surface area contributed by atoms with Gasteiger partial charge in [0.1, 0.15) is 4.88 Å². The molecule has 0 amide bonds. The van der Waals surface area contributed by atoms with E-state index in [1.54, 1.807) is 17.4 Å². The van der Waals surface area contributed by atoms with Crippen LogP contribution < -0.4 is 0 Å². The predicted octanol–water partition coefficient (Wildman–Crippen LogP) is 6.12. The Morgan fingerprint density at radius 3 is 2.22 bits per heavy atom. The number of carbonyl (C=O) groups is 1. The van der Waals surface area contributed by atoms with Crippen molar-refractivity contribution in [3.05, 3.63) is 69.9 Å². The van der Waals surface area contributed by atoms with Crippen LogP contribution in [0.5, 0.6) is 0 Å². The fourth-order valence-electron chi connectivity index (χ4n) is 2.35. The molecule has 0 radical (unpaired) electrons. The van der Waals surface area contributed by atoms with Gasteiger partial charge in [-0.3, -0.25) is 0 Å². The standard InChI is InChI=1S/C10H8O2S.C9H8S/c1-6-2-3-8-7(4-6)5-9(13-8)10(11)12;1-7-2-3-9-8(6-7)4-5-10-9/h2-5H,1H3,(H,11,12);2-6H,1H3. The highest BCUT2D eigenvalue weighted by Gasteiger charge is 2.07. The molecule has 4 rings (SSSR count). The van der Waals surface area contributed by atoms with E-state index in [4.69, 9.17) is 5.11 Å². The van der Waals surface area contributed by atoms with Crippen molar-refractivity contribution in [2.45, 2.75) is 13.8 Å². The maximum absolute atomic E-state index is 10.7. The highest BCUT2D eigenvalue weighted by atomic mass is 32.1. The van der Waals surface area contributed by atoms with Crippen molar-refractivity contribution in [2.24, 2.45) is 0 Å². The van der Waals surface area contributed by atoms with Gasteiger partial charge in [-0.15, -0.1) is 22.7 Å². The molecule has 4 aromatic rings. The molecule has 4 heteroatoms. The van der Waals surface area contributed by atoms with Gasteiger partial charge >= 0.3 is 5.97 Å². The van der Waals surface area contributed by atoms with E-state index >= 15 is 0 Å². The van der Waals surface area contributed by atoms with E-state index in [1.807, 2.05) is 25.1 Å². The smallest absolute Gasteiger partial charge is 0.345 e. The van der Waals surface area contributed by atoms with E-state index in [-0.39, 0.29) is 0 Å². The zero-order chi connectivity index (χ0) is 16.4. The summed E-state index contributed by atoms with van der Waals surface area (Å²) < 4.78 is 2.41. The minimum atomic E-state index is -0.848. The fraction of sp³-hybridized carbons (Fsp3) is 0.105. The molecule has 23 heavy (non-hydrogen) atoms. The average molecular weight is 340 g/mol. The Morgan fingerprint density at radius 2 is 1.52 bits per heavy atom. The maximum atomic E-state index is 10.7. The van der Waals surface area contributed by atoms with Gasteiger partial charge in [-0.25, -0.2) is 4.79 Å². The topological polar surface area (TPSA) is 37.3 Å². The van der Waals surface area contributed by atoms with E-state index in [9.17, 15) is 4.79 Å². The van der Waals surface area contributed by atoms with Crippen LogP contribution in [0.3, 0.4) is 0 Å². The molecule has 2 aromatic carbocycles. The normalized spacial score (nSPS) is 10.5. The van der Waals surface area contributed by atoms with Crippen LogP contribution in [-0.2, 0) is 0 Å². The zero-order valence-corrected chi connectivity index (χ0v) is 14.5. The molecule has 2 nitrogen and oxygen atoms in total. The third-order valence-electron chi connectivity index (χ3n) is 3.49. The lowest BCUT2D eigenvalue weighted by Gasteiger charge is -1.89. The van der Waals surface area contributed by atoms with Crippen LogP contribution in [0, 0.1) is 13.8 Å². The largest absolute Gasteiger partial charge is 0.477 e. The summed E-state index contributed by atoms with van der Waals surface area (Å²) in [5.41, 5.74) is 2.49. The lowest BCUT2D eigenvalue weighted by Crippen LogP contribution is -1.89. The van der Waals surface area contributed by atoms with Crippen molar-refractivity contribution in [1.82, 2.24) is 0 Å². The molecule has 0 unspecified atom stereocenters. The Kier molecular flexibility index (Phi) is 4.46. The summed E-state index contributed by atoms with van der Waals surface area (Å²) in [6.07, 6.45) is 0. The van der Waals surface area contributed by atoms with Gasteiger partial charge in [0.25, 0.3) is 0 Å². The fourth-order valence-corrected chi connectivity index (χ4v) is 4.01. The summed E-state index contributed by atoms with van der Waals surface area (Å²) in [5, 5.41) is 13.3. The summed E-state index contributed by atoms with van der Waals surface area (Å²) in [5.74, 6) is -0.848. The van der Waals surface area contributed by atoms with Gasteiger partial charge in [0, 0.05) is 9.40 Å². The average Bonchev–Trinajstić information content (AvgIpc) is 3.12. The number of hydrogen-bond donors (Lipinski definition) is 1. The predicted molar refractivity (Wildman–Crippen MR) is 100 cm³/mol. The molecule has 1 N–H and O–H groups in total. The molecular formula is C19H16O2S2. The lowest BCUT2D eigenvalue weighted by molar-refractivity contribution is 0.0702. The Morgan fingerprint density at radius 1 is 0.870 bits per heavy atom. The molecule has 0 bridgehead atoms.